The van der Waals surface area contributed by atoms with Crippen LogP contribution in [-0.4, -0.2) is 36.9 Å². The van der Waals surface area contributed by atoms with Gasteiger partial charge in [0.15, 0.2) is 0 Å². The SMILES string of the molecule is CCCN(C1CC1)S(=O)(=O)CCCCCl. The van der Waals surface area contributed by atoms with E-state index in [4.69, 9.17) is 11.6 Å². The zero-order chi connectivity index (χ0) is 11.3. The normalized spacial score (nSPS) is 17.3. The van der Waals surface area contributed by atoms with E-state index in [9.17, 15) is 8.42 Å². The molecule has 0 amide bonds. The first kappa shape index (κ1) is 13.3. The van der Waals surface area contributed by atoms with Crippen LogP contribution in [0, 0.1) is 0 Å². The van der Waals surface area contributed by atoms with Crippen molar-refractivity contribution in [2.45, 2.75) is 45.1 Å². The lowest BCUT2D eigenvalue weighted by Gasteiger charge is -2.20. The van der Waals surface area contributed by atoms with Gasteiger partial charge in [0, 0.05) is 18.5 Å². The van der Waals surface area contributed by atoms with Crippen LogP contribution in [0.2, 0.25) is 0 Å². The molecule has 5 heteroatoms. The van der Waals surface area contributed by atoms with E-state index >= 15 is 0 Å². The fourth-order valence-corrected chi connectivity index (χ4v) is 3.75. The van der Waals surface area contributed by atoms with E-state index in [1.165, 1.54) is 0 Å². The minimum Gasteiger partial charge on any atom is -0.212 e. The third-order valence-corrected chi connectivity index (χ3v) is 4.81. The molecule has 1 aliphatic rings. The molecule has 0 N–H and O–H groups in total. The summed E-state index contributed by atoms with van der Waals surface area (Å²) >= 11 is 5.54. The van der Waals surface area contributed by atoms with Crippen LogP contribution in [0.15, 0.2) is 0 Å². The van der Waals surface area contributed by atoms with Crippen LogP contribution in [0.5, 0.6) is 0 Å². The number of hydrogen-bond acceptors (Lipinski definition) is 2. The highest BCUT2D eigenvalue weighted by Crippen LogP contribution is 2.29. The maximum atomic E-state index is 12.0. The summed E-state index contributed by atoms with van der Waals surface area (Å²) < 4.78 is 25.6. The second-order valence-electron chi connectivity index (χ2n) is 4.05. The van der Waals surface area contributed by atoms with E-state index in [1.807, 2.05) is 6.92 Å². The number of halogens is 1. The van der Waals surface area contributed by atoms with Crippen LogP contribution in [0.3, 0.4) is 0 Å². The van der Waals surface area contributed by atoms with Gasteiger partial charge in [-0.3, -0.25) is 0 Å². The molecule has 1 aliphatic carbocycles. The first-order valence-electron chi connectivity index (χ1n) is 5.67. The van der Waals surface area contributed by atoms with E-state index in [0.717, 1.165) is 25.7 Å². The lowest BCUT2D eigenvalue weighted by molar-refractivity contribution is 0.402. The first-order chi connectivity index (χ1) is 7.11. The molecule has 1 saturated carbocycles. The van der Waals surface area contributed by atoms with Crippen LogP contribution in [-0.2, 0) is 10.0 Å². The number of rotatable bonds is 8. The first-order valence-corrected chi connectivity index (χ1v) is 7.81. The van der Waals surface area contributed by atoms with E-state index in [2.05, 4.69) is 0 Å². The Morgan fingerprint density at radius 3 is 2.47 bits per heavy atom. The van der Waals surface area contributed by atoms with Crippen molar-refractivity contribution in [2.75, 3.05) is 18.2 Å². The van der Waals surface area contributed by atoms with Gasteiger partial charge in [-0.25, -0.2) is 8.42 Å². The van der Waals surface area contributed by atoms with Gasteiger partial charge >= 0.3 is 0 Å². The van der Waals surface area contributed by atoms with Gasteiger partial charge in [0.05, 0.1) is 5.75 Å². The summed E-state index contributed by atoms with van der Waals surface area (Å²) in [6.07, 6.45) is 4.43. The summed E-state index contributed by atoms with van der Waals surface area (Å²) in [5, 5.41) is 0. The third-order valence-electron chi connectivity index (χ3n) is 2.54. The van der Waals surface area contributed by atoms with Crippen molar-refractivity contribution < 1.29 is 8.42 Å². The Balaban J connectivity index is 2.48. The van der Waals surface area contributed by atoms with E-state index in [-0.39, 0.29) is 5.75 Å². The van der Waals surface area contributed by atoms with E-state index in [1.54, 1.807) is 4.31 Å². The van der Waals surface area contributed by atoms with Crippen LogP contribution >= 0.6 is 11.6 Å². The van der Waals surface area contributed by atoms with E-state index in [0.29, 0.717) is 24.9 Å². The Morgan fingerprint density at radius 2 is 2.00 bits per heavy atom. The Hall–Kier alpha value is 0.200. The number of nitrogens with zero attached hydrogens (tertiary/aromatic N) is 1. The fraction of sp³-hybridized carbons (Fsp3) is 1.00. The predicted molar refractivity (Wildman–Crippen MR) is 63.8 cm³/mol. The Bertz CT molecular complexity index is 275. The second kappa shape index (κ2) is 6.06. The number of sulfonamides is 1. The predicted octanol–water partition coefficient (Wildman–Crippen LogP) is 2.21. The zero-order valence-electron chi connectivity index (χ0n) is 9.28. The minimum absolute atomic E-state index is 0.260. The summed E-state index contributed by atoms with van der Waals surface area (Å²) in [4.78, 5) is 0. The van der Waals surface area contributed by atoms with Crippen LogP contribution in [0.1, 0.15) is 39.0 Å². The van der Waals surface area contributed by atoms with Gasteiger partial charge in [0.25, 0.3) is 0 Å². The molecule has 0 aromatic heterocycles. The maximum absolute atomic E-state index is 12.0. The monoisotopic (exact) mass is 253 g/mol. The summed E-state index contributed by atoms with van der Waals surface area (Å²) in [7, 11) is -3.02. The topological polar surface area (TPSA) is 37.4 Å². The van der Waals surface area contributed by atoms with Gasteiger partial charge in [0.1, 0.15) is 0 Å². The van der Waals surface area contributed by atoms with Crippen molar-refractivity contribution in [3.05, 3.63) is 0 Å². The summed E-state index contributed by atoms with van der Waals surface area (Å²) in [5.41, 5.74) is 0. The Kier molecular flexibility index (Phi) is 5.36. The van der Waals surface area contributed by atoms with Crippen molar-refractivity contribution >= 4 is 21.6 Å². The highest BCUT2D eigenvalue weighted by Gasteiger charge is 2.35. The molecule has 0 heterocycles. The molecule has 0 aromatic rings. The molecule has 0 bridgehead atoms. The summed E-state index contributed by atoms with van der Waals surface area (Å²) in [5.74, 6) is 0.808. The molecule has 0 atom stereocenters. The van der Waals surface area contributed by atoms with Crippen LogP contribution in [0.4, 0.5) is 0 Å². The van der Waals surface area contributed by atoms with E-state index < -0.39 is 10.0 Å². The van der Waals surface area contributed by atoms with Gasteiger partial charge in [-0.2, -0.15) is 4.31 Å². The van der Waals surface area contributed by atoms with Crippen molar-refractivity contribution in [3.63, 3.8) is 0 Å². The molecule has 1 fully saturated rings. The summed E-state index contributed by atoms with van der Waals surface area (Å²) in [6.45, 7) is 2.69. The molecule has 0 unspecified atom stereocenters. The average molecular weight is 254 g/mol. The van der Waals surface area contributed by atoms with Gasteiger partial charge in [-0.05, 0) is 32.1 Å². The molecule has 0 spiro atoms. The van der Waals surface area contributed by atoms with Crippen LogP contribution < -0.4 is 0 Å². The molecule has 90 valence electrons. The second-order valence-corrected chi connectivity index (χ2v) is 6.47. The Labute approximate surface area is 97.8 Å². The molecule has 0 aliphatic heterocycles. The quantitative estimate of drug-likeness (QED) is 0.491. The van der Waals surface area contributed by atoms with Crippen molar-refractivity contribution in [2.24, 2.45) is 0 Å². The van der Waals surface area contributed by atoms with Crippen molar-refractivity contribution in [1.29, 1.82) is 0 Å². The molecule has 0 aromatic carbocycles. The average Bonchev–Trinajstić information content (AvgIpc) is 2.97. The van der Waals surface area contributed by atoms with Gasteiger partial charge in [0.2, 0.25) is 10.0 Å². The van der Waals surface area contributed by atoms with Gasteiger partial charge in [-0.15, -0.1) is 11.6 Å². The molecule has 15 heavy (non-hydrogen) atoms. The van der Waals surface area contributed by atoms with Crippen molar-refractivity contribution in [1.82, 2.24) is 4.31 Å². The largest absolute Gasteiger partial charge is 0.214 e. The Morgan fingerprint density at radius 1 is 1.33 bits per heavy atom. The molecule has 3 nitrogen and oxygen atoms in total. The highest BCUT2D eigenvalue weighted by atomic mass is 35.5. The van der Waals surface area contributed by atoms with Crippen LogP contribution in [0.25, 0.3) is 0 Å². The third kappa shape index (κ3) is 4.29. The summed E-state index contributed by atoms with van der Waals surface area (Å²) in [6, 6.07) is 0.297. The highest BCUT2D eigenvalue weighted by molar-refractivity contribution is 7.89. The van der Waals surface area contributed by atoms with Crippen molar-refractivity contribution in [3.8, 4) is 0 Å². The zero-order valence-corrected chi connectivity index (χ0v) is 10.9. The van der Waals surface area contributed by atoms with Gasteiger partial charge < -0.3 is 0 Å². The molecule has 0 saturated heterocycles. The van der Waals surface area contributed by atoms with Gasteiger partial charge in [-0.1, -0.05) is 6.92 Å². The minimum atomic E-state index is -3.02. The smallest absolute Gasteiger partial charge is 0.212 e. The fourth-order valence-electron chi connectivity index (χ4n) is 1.63. The molecular weight excluding hydrogens is 234 g/mol. The maximum Gasteiger partial charge on any atom is 0.214 e. The molecule has 0 radical (unpaired) electrons. The molecular formula is C10H20ClNO2S. The number of alkyl halides is 1. The lowest BCUT2D eigenvalue weighted by atomic mass is 10.4. The number of unbranched alkanes of at least 4 members (excludes halogenated alkanes) is 1. The molecule has 1 rings (SSSR count). The standard InChI is InChI=1S/C10H20ClNO2S/c1-2-8-12(10-5-6-10)15(13,14)9-4-3-7-11/h10H,2-9H2,1H3. The lowest BCUT2D eigenvalue weighted by Crippen LogP contribution is -2.35. The number of hydrogen-bond donors (Lipinski definition) is 0.